The Hall–Kier alpha value is -1.38. The van der Waals surface area contributed by atoms with Crippen LogP contribution in [0.2, 0.25) is 0 Å². The van der Waals surface area contributed by atoms with Crippen molar-refractivity contribution in [3.63, 3.8) is 0 Å². The SMILES string of the molecule is c1ccc2c(C3CCNN3)cccc2c1. The maximum Gasteiger partial charge on any atom is 0.0481 e. The van der Waals surface area contributed by atoms with Gasteiger partial charge in [-0.05, 0) is 22.8 Å². The molecule has 0 amide bonds. The fraction of sp³-hybridized carbons (Fsp3) is 0.231. The molecule has 0 spiro atoms. The van der Waals surface area contributed by atoms with Crippen molar-refractivity contribution >= 4 is 10.8 Å². The number of benzene rings is 2. The van der Waals surface area contributed by atoms with Crippen LogP contribution in [-0.4, -0.2) is 6.54 Å². The van der Waals surface area contributed by atoms with Gasteiger partial charge in [-0.2, -0.15) is 0 Å². The number of fused-ring (bicyclic) bond motifs is 1. The first-order valence-electron chi connectivity index (χ1n) is 5.41. The molecule has 0 saturated carbocycles. The molecule has 2 nitrogen and oxygen atoms in total. The van der Waals surface area contributed by atoms with Crippen molar-refractivity contribution in [3.05, 3.63) is 48.0 Å². The van der Waals surface area contributed by atoms with Gasteiger partial charge in [-0.1, -0.05) is 42.5 Å². The van der Waals surface area contributed by atoms with Crippen molar-refractivity contribution in [3.8, 4) is 0 Å². The summed E-state index contributed by atoms with van der Waals surface area (Å²) in [5, 5.41) is 2.69. The highest BCUT2D eigenvalue weighted by Gasteiger charge is 2.17. The molecular formula is C13H14N2. The summed E-state index contributed by atoms with van der Waals surface area (Å²) in [5.41, 5.74) is 7.90. The van der Waals surface area contributed by atoms with Gasteiger partial charge in [0.15, 0.2) is 0 Å². The van der Waals surface area contributed by atoms with Crippen LogP contribution in [0.5, 0.6) is 0 Å². The van der Waals surface area contributed by atoms with Crippen LogP contribution in [0.1, 0.15) is 18.0 Å². The number of hydrogen-bond acceptors (Lipinski definition) is 2. The Kier molecular flexibility index (Phi) is 2.16. The molecule has 1 aliphatic heterocycles. The normalized spacial score (nSPS) is 20.9. The summed E-state index contributed by atoms with van der Waals surface area (Å²) in [6, 6.07) is 15.5. The average Bonchev–Trinajstić information content (AvgIpc) is 2.82. The summed E-state index contributed by atoms with van der Waals surface area (Å²) < 4.78 is 0. The van der Waals surface area contributed by atoms with E-state index in [9.17, 15) is 0 Å². The molecule has 1 heterocycles. The van der Waals surface area contributed by atoms with Gasteiger partial charge in [0.1, 0.15) is 0 Å². The molecule has 1 unspecified atom stereocenters. The van der Waals surface area contributed by atoms with Gasteiger partial charge in [-0.25, -0.2) is 0 Å². The molecule has 2 heteroatoms. The molecule has 2 aromatic carbocycles. The third-order valence-corrected chi connectivity index (χ3v) is 3.03. The third kappa shape index (κ3) is 1.52. The van der Waals surface area contributed by atoms with E-state index in [1.807, 2.05) is 0 Å². The average molecular weight is 198 g/mol. The zero-order chi connectivity index (χ0) is 10.1. The Morgan fingerprint density at radius 2 is 1.87 bits per heavy atom. The second-order valence-electron chi connectivity index (χ2n) is 3.98. The highest BCUT2D eigenvalue weighted by molar-refractivity contribution is 5.86. The van der Waals surface area contributed by atoms with Crippen LogP contribution in [0, 0.1) is 0 Å². The zero-order valence-electron chi connectivity index (χ0n) is 8.53. The Labute approximate surface area is 89.3 Å². The predicted molar refractivity (Wildman–Crippen MR) is 62.4 cm³/mol. The van der Waals surface area contributed by atoms with Gasteiger partial charge in [0.25, 0.3) is 0 Å². The predicted octanol–water partition coefficient (Wildman–Crippen LogP) is 2.38. The first kappa shape index (κ1) is 8.89. The summed E-state index contributed by atoms with van der Waals surface area (Å²) in [6.07, 6.45) is 1.16. The van der Waals surface area contributed by atoms with Crippen LogP contribution in [0.4, 0.5) is 0 Å². The molecule has 1 saturated heterocycles. The lowest BCUT2D eigenvalue weighted by atomic mass is 9.98. The molecule has 0 bridgehead atoms. The van der Waals surface area contributed by atoms with Crippen molar-refractivity contribution in [2.24, 2.45) is 0 Å². The zero-order valence-corrected chi connectivity index (χ0v) is 8.53. The van der Waals surface area contributed by atoms with Crippen LogP contribution >= 0.6 is 0 Å². The second-order valence-corrected chi connectivity index (χ2v) is 3.98. The van der Waals surface area contributed by atoms with Crippen molar-refractivity contribution in [1.82, 2.24) is 10.9 Å². The van der Waals surface area contributed by atoms with E-state index in [0.29, 0.717) is 6.04 Å². The topological polar surface area (TPSA) is 24.1 Å². The van der Waals surface area contributed by atoms with Gasteiger partial charge in [0.2, 0.25) is 0 Å². The lowest BCUT2D eigenvalue weighted by Gasteiger charge is -2.12. The summed E-state index contributed by atoms with van der Waals surface area (Å²) in [5.74, 6) is 0. The van der Waals surface area contributed by atoms with E-state index in [1.54, 1.807) is 0 Å². The molecule has 2 N–H and O–H groups in total. The Morgan fingerprint density at radius 3 is 2.73 bits per heavy atom. The molecule has 76 valence electrons. The first-order valence-corrected chi connectivity index (χ1v) is 5.41. The Balaban J connectivity index is 2.16. The van der Waals surface area contributed by atoms with Gasteiger partial charge in [-0.3, -0.25) is 10.9 Å². The summed E-state index contributed by atoms with van der Waals surface area (Å²) >= 11 is 0. The van der Waals surface area contributed by atoms with Gasteiger partial charge < -0.3 is 0 Å². The number of hydrazine groups is 1. The molecule has 0 aliphatic carbocycles. The summed E-state index contributed by atoms with van der Waals surface area (Å²) in [4.78, 5) is 0. The van der Waals surface area contributed by atoms with E-state index in [2.05, 4.69) is 53.3 Å². The van der Waals surface area contributed by atoms with Crippen LogP contribution in [-0.2, 0) is 0 Å². The summed E-state index contributed by atoms with van der Waals surface area (Å²) in [6.45, 7) is 1.05. The van der Waals surface area contributed by atoms with Crippen LogP contribution in [0.3, 0.4) is 0 Å². The molecule has 1 atom stereocenters. The Bertz CT molecular complexity index is 467. The molecule has 15 heavy (non-hydrogen) atoms. The van der Waals surface area contributed by atoms with Crippen LogP contribution < -0.4 is 10.9 Å². The largest absolute Gasteiger partial charge is 0.257 e. The molecule has 1 fully saturated rings. The maximum absolute atomic E-state index is 3.32. The highest BCUT2D eigenvalue weighted by atomic mass is 15.4. The van der Waals surface area contributed by atoms with Crippen LogP contribution in [0.15, 0.2) is 42.5 Å². The lowest BCUT2D eigenvalue weighted by molar-refractivity contribution is 0.584. The molecular weight excluding hydrogens is 184 g/mol. The minimum atomic E-state index is 0.455. The fourth-order valence-corrected chi connectivity index (χ4v) is 2.27. The van der Waals surface area contributed by atoms with Crippen molar-refractivity contribution in [2.45, 2.75) is 12.5 Å². The molecule has 0 aromatic heterocycles. The highest BCUT2D eigenvalue weighted by Crippen LogP contribution is 2.26. The molecule has 3 rings (SSSR count). The quantitative estimate of drug-likeness (QED) is 0.735. The fourth-order valence-electron chi connectivity index (χ4n) is 2.27. The van der Waals surface area contributed by atoms with Crippen molar-refractivity contribution < 1.29 is 0 Å². The van der Waals surface area contributed by atoms with Crippen molar-refractivity contribution in [1.29, 1.82) is 0 Å². The van der Waals surface area contributed by atoms with E-state index in [-0.39, 0.29) is 0 Å². The van der Waals surface area contributed by atoms with Gasteiger partial charge in [0, 0.05) is 12.6 Å². The van der Waals surface area contributed by atoms with E-state index in [1.165, 1.54) is 16.3 Å². The minimum absolute atomic E-state index is 0.455. The van der Waals surface area contributed by atoms with E-state index in [4.69, 9.17) is 0 Å². The third-order valence-electron chi connectivity index (χ3n) is 3.03. The van der Waals surface area contributed by atoms with E-state index < -0.39 is 0 Å². The molecule has 2 aromatic rings. The lowest BCUT2D eigenvalue weighted by Crippen LogP contribution is -2.24. The van der Waals surface area contributed by atoms with Crippen molar-refractivity contribution in [2.75, 3.05) is 6.54 Å². The van der Waals surface area contributed by atoms with Gasteiger partial charge in [-0.15, -0.1) is 0 Å². The maximum atomic E-state index is 3.32. The standard InChI is InChI=1S/C13H14N2/c1-2-6-11-10(4-1)5-3-7-12(11)13-8-9-14-15-13/h1-7,13-15H,8-9H2. The molecule has 1 aliphatic rings. The van der Waals surface area contributed by atoms with Gasteiger partial charge in [0.05, 0.1) is 0 Å². The van der Waals surface area contributed by atoms with Crippen LogP contribution in [0.25, 0.3) is 10.8 Å². The van der Waals surface area contributed by atoms with E-state index >= 15 is 0 Å². The molecule has 0 radical (unpaired) electrons. The smallest absolute Gasteiger partial charge is 0.0481 e. The monoisotopic (exact) mass is 198 g/mol. The first-order chi connectivity index (χ1) is 7.45. The van der Waals surface area contributed by atoms with E-state index in [0.717, 1.165) is 13.0 Å². The van der Waals surface area contributed by atoms with Gasteiger partial charge >= 0.3 is 0 Å². The summed E-state index contributed by atoms with van der Waals surface area (Å²) in [7, 11) is 0. The second kappa shape index (κ2) is 3.65. The minimum Gasteiger partial charge on any atom is -0.257 e. The number of hydrogen-bond donors (Lipinski definition) is 2. The Morgan fingerprint density at radius 1 is 1.00 bits per heavy atom. The number of nitrogens with one attached hydrogen (secondary N) is 2. The number of rotatable bonds is 1.